The average Bonchev–Trinajstić information content (AvgIpc) is 2.67. The van der Waals surface area contributed by atoms with Crippen molar-refractivity contribution in [3.63, 3.8) is 0 Å². The number of hydrogen-bond donors (Lipinski definition) is 2. The maximum absolute atomic E-state index is 13.7. The van der Waals surface area contributed by atoms with Gasteiger partial charge in [-0.15, -0.1) is 0 Å². The molecule has 1 heterocycles. The van der Waals surface area contributed by atoms with Gasteiger partial charge in [-0.2, -0.15) is 4.98 Å². The third-order valence-electron chi connectivity index (χ3n) is 3.95. The molecule has 1 atom stereocenters. The predicted octanol–water partition coefficient (Wildman–Crippen LogP) is 4.55. The van der Waals surface area contributed by atoms with E-state index in [-0.39, 0.29) is 5.75 Å². The Bertz CT molecular complexity index is 1170. The van der Waals surface area contributed by atoms with E-state index in [9.17, 15) is 8.60 Å². The van der Waals surface area contributed by atoms with Crippen LogP contribution in [0.25, 0.3) is 11.4 Å². The number of benzene rings is 2. The first-order chi connectivity index (χ1) is 14.3. The molecule has 0 amide bonds. The van der Waals surface area contributed by atoms with Crippen molar-refractivity contribution in [3.8, 4) is 17.1 Å². The van der Waals surface area contributed by atoms with Gasteiger partial charge >= 0.3 is 0 Å². The summed E-state index contributed by atoms with van der Waals surface area (Å²) in [5.74, 6) is 0.708. The number of anilines is 2. The van der Waals surface area contributed by atoms with E-state index in [1.807, 2.05) is 31.2 Å². The van der Waals surface area contributed by atoms with Crippen LogP contribution in [0, 0.1) is 10.6 Å². The Labute approximate surface area is 175 Å². The highest BCUT2D eigenvalue weighted by Crippen LogP contribution is 2.29. The number of ether oxygens (including phenoxy) is 1. The van der Waals surface area contributed by atoms with Gasteiger partial charge in [0, 0.05) is 27.7 Å². The Hall–Kier alpha value is -3.33. The number of aromatic nitrogens is 3. The van der Waals surface area contributed by atoms with E-state index in [1.165, 1.54) is 24.7 Å². The lowest BCUT2D eigenvalue weighted by Gasteiger charge is -2.11. The summed E-state index contributed by atoms with van der Waals surface area (Å²) in [6.07, 6.45) is 6.42. The van der Waals surface area contributed by atoms with E-state index in [0.29, 0.717) is 35.4 Å². The Morgan fingerprint density at radius 3 is 2.83 bits per heavy atom. The Morgan fingerprint density at radius 1 is 1.23 bits per heavy atom. The summed E-state index contributed by atoms with van der Waals surface area (Å²) in [6.45, 7) is 2.17. The number of nitrogens with zero attached hydrogens (tertiary/aromatic N) is 3. The van der Waals surface area contributed by atoms with E-state index >= 15 is 0 Å². The fourth-order valence-corrected chi connectivity index (χ4v) is 3.52. The van der Waals surface area contributed by atoms with Crippen LogP contribution >= 0.6 is 0 Å². The number of halogens is 1. The monoisotopic (exact) mass is 427 g/mol. The molecule has 0 bridgehead atoms. The fourth-order valence-electron chi connectivity index (χ4n) is 2.71. The molecule has 3 rings (SSSR count). The Balaban J connectivity index is 1.86. The molecule has 30 heavy (non-hydrogen) atoms. The summed E-state index contributed by atoms with van der Waals surface area (Å²) in [7, 11) is -2.65. The topological polar surface area (TPSA) is 101 Å². The first kappa shape index (κ1) is 21.4. The van der Waals surface area contributed by atoms with E-state index < -0.39 is 15.5 Å². The molecule has 0 saturated carbocycles. The summed E-state index contributed by atoms with van der Waals surface area (Å²) in [4.78, 5) is 12.7. The molecule has 0 fully saturated rings. The summed E-state index contributed by atoms with van der Waals surface area (Å²) in [5, 5.41) is 3.08. The second-order valence-corrected chi connectivity index (χ2v) is 8.93. The molecule has 0 aliphatic carbocycles. The minimum Gasteiger partial charge on any atom is -0.489 e. The highest BCUT2D eigenvalue weighted by atomic mass is 32.2. The quantitative estimate of drug-likeness (QED) is 0.512. The van der Waals surface area contributed by atoms with Crippen LogP contribution in [-0.4, -0.2) is 32.0 Å². The zero-order valence-corrected chi connectivity index (χ0v) is 17.4. The molecule has 7 nitrogen and oxygen atoms in total. The minimum atomic E-state index is -2.65. The van der Waals surface area contributed by atoms with Gasteiger partial charge in [-0.1, -0.05) is 24.3 Å². The average molecular weight is 428 g/mol. The van der Waals surface area contributed by atoms with Gasteiger partial charge < -0.3 is 10.1 Å². The Morgan fingerprint density at radius 2 is 2.07 bits per heavy atom. The van der Waals surface area contributed by atoms with Gasteiger partial charge in [-0.05, 0) is 36.8 Å². The van der Waals surface area contributed by atoms with Gasteiger partial charge in [0.05, 0.1) is 11.3 Å². The maximum Gasteiger partial charge on any atom is 0.230 e. The van der Waals surface area contributed by atoms with Gasteiger partial charge in [-0.3, -0.25) is 4.78 Å². The van der Waals surface area contributed by atoms with E-state index in [2.05, 4.69) is 20.3 Å². The standard InChI is InChI=1S/C21H22FN5O2S/c1-3-4-10-29-19-12-16(22)8-9-18(19)20-24-14-25-21(27-20)26-17-7-5-6-15(11-17)13-30(2,23)28/h3-9,11-12,14,23H,10,13H2,1-2H3,(H,24,25,26,27)/b4-3-. The van der Waals surface area contributed by atoms with E-state index in [1.54, 1.807) is 18.2 Å². The van der Waals surface area contributed by atoms with Gasteiger partial charge in [0.1, 0.15) is 24.5 Å². The van der Waals surface area contributed by atoms with Crippen molar-refractivity contribution < 1.29 is 13.3 Å². The summed E-state index contributed by atoms with van der Waals surface area (Å²) < 4.78 is 38.7. The van der Waals surface area contributed by atoms with Crippen molar-refractivity contribution in [1.29, 1.82) is 4.78 Å². The third-order valence-corrected chi connectivity index (χ3v) is 4.84. The van der Waals surface area contributed by atoms with Crippen LogP contribution in [0.5, 0.6) is 5.75 Å². The molecule has 0 radical (unpaired) electrons. The van der Waals surface area contributed by atoms with Gasteiger partial charge in [0.2, 0.25) is 5.95 Å². The van der Waals surface area contributed by atoms with Crippen molar-refractivity contribution in [2.45, 2.75) is 12.7 Å². The van der Waals surface area contributed by atoms with Gasteiger partial charge in [0.25, 0.3) is 0 Å². The molecule has 2 N–H and O–H groups in total. The highest BCUT2D eigenvalue weighted by molar-refractivity contribution is 7.90. The second-order valence-electron chi connectivity index (χ2n) is 6.63. The predicted molar refractivity (Wildman–Crippen MR) is 116 cm³/mol. The van der Waals surface area contributed by atoms with Crippen molar-refractivity contribution in [3.05, 3.63) is 72.3 Å². The number of hydrogen-bond acceptors (Lipinski definition) is 7. The molecule has 0 aliphatic rings. The van der Waals surface area contributed by atoms with Crippen LogP contribution in [0.3, 0.4) is 0 Å². The molecule has 156 valence electrons. The van der Waals surface area contributed by atoms with Crippen molar-refractivity contribution in [2.24, 2.45) is 0 Å². The van der Waals surface area contributed by atoms with Gasteiger partial charge in [-0.25, -0.2) is 18.6 Å². The second kappa shape index (κ2) is 9.45. The molecule has 0 spiro atoms. The number of rotatable bonds is 8. The summed E-state index contributed by atoms with van der Waals surface area (Å²) in [6, 6.07) is 11.4. The summed E-state index contributed by atoms with van der Waals surface area (Å²) in [5.41, 5.74) is 2.01. The molecule has 3 aromatic rings. The first-order valence-corrected chi connectivity index (χ1v) is 11.3. The molecule has 1 unspecified atom stereocenters. The first-order valence-electron chi connectivity index (χ1n) is 9.14. The third kappa shape index (κ3) is 6.08. The zero-order valence-electron chi connectivity index (χ0n) is 16.6. The molecule has 0 saturated heterocycles. The van der Waals surface area contributed by atoms with Crippen LogP contribution in [0.4, 0.5) is 16.0 Å². The van der Waals surface area contributed by atoms with Crippen LogP contribution in [0.2, 0.25) is 0 Å². The van der Waals surface area contributed by atoms with E-state index in [4.69, 9.17) is 9.52 Å². The number of allylic oxidation sites excluding steroid dienone is 1. The molecular formula is C21H22FN5O2S. The van der Waals surface area contributed by atoms with Crippen molar-refractivity contribution in [2.75, 3.05) is 18.2 Å². The fraction of sp³-hybridized carbons (Fsp3) is 0.190. The van der Waals surface area contributed by atoms with Crippen molar-refractivity contribution in [1.82, 2.24) is 15.0 Å². The lowest BCUT2D eigenvalue weighted by atomic mass is 10.2. The Kier molecular flexibility index (Phi) is 6.73. The van der Waals surface area contributed by atoms with E-state index in [0.717, 1.165) is 5.56 Å². The molecule has 1 aromatic heterocycles. The smallest absolute Gasteiger partial charge is 0.230 e. The van der Waals surface area contributed by atoms with Crippen LogP contribution in [0.15, 0.2) is 60.9 Å². The molecule has 2 aromatic carbocycles. The van der Waals surface area contributed by atoms with Crippen LogP contribution in [-0.2, 0) is 15.5 Å². The normalized spacial score (nSPS) is 13.2. The maximum atomic E-state index is 13.7. The SMILES string of the molecule is C/C=C\COc1cc(F)ccc1-c1ncnc(Nc2cccc(CS(C)(=N)=O)c2)n1. The molecule has 9 heteroatoms. The number of nitrogens with one attached hydrogen (secondary N) is 2. The molecule has 0 aliphatic heterocycles. The van der Waals surface area contributed by atoms with Gasteiger partial charge in [0.15, 0.2) is 5.82 Å². The van der Waals surface area contributed by atoms with Crippen LogP contribution < -0.4 is 10.1 Å². The minimum absolute atomic E-state index is 0.160. The van der Waals surface area contributed by atoms with Crippen molar-refractivity contribution >= 4 is 21.4 Å². The zero-order chi connectivity index (χ0) is 21.6. The highest BCUT2D eigenvalue weighted by Gasteiger charge is 2.12. The van der Waals surface area contributed by atoms with Crippen LogP contribution in [0.1, 0.15) is 12.5 Å². The molecular weight excluding hydrogens is 405 g/mol. The lowest BCUT2D eigenvalue weighted by molar-refractivity contribution is 0.361. The largest absolute Gasteiger partial charge is 0.489 e. The summed E-state index contributed by atoms with van der Waals surface area (Å²) >= 11 is 0. The lowest BCUT2D eigenvalue weighted by Crippen LogP contribution is -2.03.